The minimum absolute atomic E-state index is 0.207. The highest BCUT2D eigenvalue weighted by atomic mass is 16.7. The van der Waals surface area contributed by atoms with Gasteiger partial charge < -0.3 is 23.8 Å². The minimum atomic E-state index is 0.207. The van der Waals surface area contributed by atoms with Gasteiger partial charge in [-0.25, -0.2) is 0 Å². The molecular formula is C21H21NO4. The molecule has 0 spiro atoms. The SMILES string of the molecule is COc1cc2c(cc1OC)=C(C)C1c3cc4c(cc3CCN1C=2)OCO4. The molecule has 3 aliphatic rings. The predicted molar refractivity (Wildman–Crippen MR) is 98.1 cm³/mol. The number of benzene rings is 2. The Morgan fingerprint density at radius 2 is 1.73 bits per heavy atom. The lowest BCUT2D eigenvalue weighted by Gasteiger charge is -2.39. The quantitative estimate of drug-likeness (QED) is 0.827. The Morgan fingerprint density at radius 1 is 1.00 bits per heavy atom. The molecular weight excluding hydrogens is 330 g/mol. The van der Waals surface area contributed by atoms with Crippen LogP contribution in [0, 0.1) is 0 Å². The van der Waals surface area contributed by atoms with Crippen molar-refractivity contribution in [2.24, 2.45) is 0 Å². The van der Waals surface area contributed by atoms with Gasteiger partial charge in [0, 0.05) is 18.0 Å². The third kappa shape index (κ3) is 2.09. The van der Waals surface area contributed by atoms with Crippen LogP contribution in [0.2, 0.25) is 0 Å². The number of ether oxygens (including phenoxy) is 4. The first-order chi connectivity index (χ1) is 12.7. The molecule has 0 saturated heterocycles. The van der Waals surface area contributed by atoms with Crippen LogP contribution in [-0.4, -0.2) is 32.5 Å². The van der Waals surface area contributed by atoms with E-state index in [4.69, 9.17) is 18.9 Å². The molecule has 0 aromatic heterocycles. The summed E-state index contributed by atoms with van der Waals surface area (Å²) < 4.78 is 22.2. The van der Waals surface area contributed by atoms with E-state index in [1.165, 1.54) is 27.1 Å². The Morgan fingerprint density at radius 3 is 2.50 bits per heavy atom. The molecule has 5 rings (SSSR count). The molecule has 3 aliphatic heterocycles. The zero-order valence-corrected chi connectivity index (χ0v) is 15.2. The Bertz CT molecular complexity index is 1030. The molecule has 5 nitrogen and oxygen atoms in total. The van der Waals surface area contributed by atoms with Gasteiger partial charge in [0.05, 0.1) is 20.3 Å². The van der Waals surface area contributed by atoms with Crippen LogP contribution in [0.15, 0.2) is 24.3 Å². The third-order valence-corrected chi connectivity index (χ3v) is 5.60. The van der Waals surface area contributed by atoms with Crippen LogP contribution in [0.4, 0.5) is 0 Å². The molecule has 0 bridgehead atoms. The highest BCUT2D eigenvalue weighted by Crippen LogP contribution is 2.43. The van der Waals surface area contributed by atoms with Gasteiger partial charge in [0.2, 0.25) is 6.79 Å². The summed E-state index contributed by atoms with van der Waals surface area (Å²) in [6.45, 7) is 3.48. The van der Waals surface area contributed by atoms with Crippen LogP contribution >= 0.6 is 0 Å². The van der Waals surface area contributed by atoms with Gasteiger partial charge in [-0.1, -0.05) is 0 Å². The maximum absolute atomic E-state index is 5.62. The highest BCUT2D eigenvalue weighted by Gasteiger charge is 2.32. The van der Waals surface area contributed by atoms with Crippen molar-refractivity contribution >= 4 is 11.8 Å². The molecule has 0 aliphatic carbocycles. The zero-order valence-electron chi connectivity index (χ0n) is 15.2. The van der Waals surface area contributed by atoms with Crippen molar-refractivity contribution in [1.29, 1.82) is 0 Å². The Hall–Kier alpha value is -2.82. The molecule has 134 valence electrons. The van der Waals surface area contributed by atoms with Gasteiger partial charge in [-0.15, -0.1) is 0 Å². The average Bonchev–Trinajstić information content (AvgIpc) is 3.12. The number of rotatable bonds is 2. The molecule has 1 atom stereocenters. The third-order valence-electron chi connectivity index (χ3n) is 5.60. The fourth-order valence-corrected chi connectivity index (χ4v) is 4.32. The highest BCUT2D eigenvalue weighted by molar-refractivity contribution is 5.64. The summed E-state index contributed by atoms with van der Waals surface area (Å²) in [6.07, 6.45) is 3.23. The van der Waals surface area contributed by atoms with Crippen molar-refractivity contribution in [2.75, 3.05) is 27.6 Å². The van der Waals surface area contributed by atoms with Crippen molar-refractivity contribution in [2.45, 2.75) is 19.4 Å². The fraction of sp³-hybridized carbons (Fsp3) is 0.333. The summed E-state index contributed by atoms with van der Waals surface area (Å²) in [5, 5.41) is 2.37. The van der Waals surface area contributed by atoms with E-state index in [0.29, 0.717) is 6.79 Å². The molecule has 0 fully saturated rings. The summed E-state index contributed by atoms with van der Waals surface area (Å²) >= 11 is 0. The molecule has 5 heteroatoms. The Labute approximate surface area is 152 Å². The summed E-state index contributed by atoms with van der Waals surface area (Å²) in [6, 6.07) is 8.64. The average molecular weight is 351 g/mol. The van der Waals surface area contributed by atoms with Crippen LogP contribution in [0.3, 0.4) is 0 Å². The first-order valence-corrected chi connectivity index (χ1v) is 8.82. The predicted octanol–water partition coefficient (Wildman–Crippen LogP) is 1.95. The number of fused-ring (bicyclic) bond motifs is 5. The summed E-state index contributed by atoms with van der Waals surface area (Å²) in [5.41, 5.74) is 3.95. The number of hydrogen-bond acceptors (Lipinski definition) is 5. The van der Waals surface area contributed by atoms with Crippen LogP contribution < -0.4 is 29.4 Å². The van der Waals surface area contributed by atoms with E-state index in [1.807, 2.05) is 0 Å². The Kier molecular flexibility index (Phi) is 3.32. The molecule has 1 unspecified atom stereocenters. The Balaban J connectivity index is 1.73. The zero-order chi connectivity index (χ0) is 17.8. The first-order valence-electron chi connectivity index (χ1n) is 8.82. The van der Waals surface area contributed by atoms with Crippen LogP contribution in [0.5, 0.6) is 23.0 Å². The maximum Gasteiger partial charge on any atom is 0.231 e. The lowest BCUT2D eigenvalue weighted by Crippen LogP contribution is -2.43. The molecule has 2 aromatic rings. The van der Waals surface area contributed by atoms with Gasteiger partial charge in [-0.05, 0) is 59.5 Å². The van der Waals surface area contributed by atoms with E-state index in [1.54, 1.807) is 14.2 Å². The molecule has 2 aromatic carbocycles. The second-order valence-corrected chi connectivity index (χ2v) is 6.90. The number of hydrogen-bond donors (Lipinski definition) is 0. The van der Waals surface area contributed by atoms with E-state index in [9.17, 15) is 0 Å². The van der Waals surface area contributed by atoms with Crippen LogP contribution in [-0.2, 0) is 6.42 Å². The van der Waals surface area contributed by atoms with E-state index >= 15 is 0 Å². The summed E-state index contributed by atoms with van der Waals surface area (Å²) in [7, 11) is 3.35. The molecule has 3 heterocycles. The fourth-order valence-electron chi connectivity index (χ4n) is 4.32. The monoisotopic (exact) mass is 351 g/mol. The molecule has 26 heavy (non-hydrogen) atoms. The van der Waals surface area contributed by atoms with Gasteiger partial charge in [-0.3, -0.25) is 0 Å². The van der Waals surface area contributed by atoms with Gasteiger partial charge in [0.1, 0.15) is 0 Å². The van der Waals surface area contributed by atoms with Gasteiger partial charge in [0.15, 0.2) is 23.0 Å². The lowest BCUT2D eigenvalue weighted by atomic mass is 9.85. The topological polar surface area (TPSA) is 40.2 Å². The van der Waals surface area contributed by atoms with Crippen molar-refractivity contribution < 1.29 is 18.9 Å². The van der Waals surface area contributed by atoms with Crippen LogP contribution in [0.25, 0.3) is 11.8 Å². The number of nitrogens with zero attached hydrogens (tertiary/aromatic N) is 1. The van der Waals surface area contributed by atoms with E-state index in [2.05, 4.69) is 42.3 Å². The second-order valence-electron chi connectivity index (χ2n) is 6.90. The lowest BCUT2D eigenvalue weighted by molar-refractivity contribution is 0.174. The standard InChI is InChI=1S/C21H21NO4/c1-12-15-8-18(24-3)17(23-2)7-14(15)10-22-5-4-13-6-19-20(26-11-25-19)9-16(13)21(12)22/h6-10,21H,4-5,11H2,1-3H3. The second kappa shape index (κ2) is 5.59. The van der Waals surface area contributed by atoms with Crippen molar-refractivity contribution in [3.8, 4) is 23.0 Å². The molecule has 0 N–H and O–H groups in total. The summed E-state index contributed by atoms with van der Waals surface area (Å²) in [4.78, 5) is 2.41. The largest absolute Gasteiger partial charge is 0.493 e. The van der Waals surface area contributed by atoms with Gasteiger partial charge in [0.25, 0.3) is 0 Å². The van der Waals surface area contributed by atoms with Gasteiger partial charge in [-0.2, -0.15) is 0 Å². The van der Waals surface area contributed by atoms with Crippen molar-refractivity contribution in [3.63, 3.8) is 0 Å². The van der Waals surface area contributed by atoms with Crippen LogP contribution in [0.1, 0.15) is 24.1 Å². The smallest absolute Gasteiger partial charge is 0.231 e. The van der Waals surface area contributed by atoms with Crippen molar-refractivity contribution in [3.05, 3.63) is 45.8 Å². The summed E-state index contributed by atoms with van der Waals surface area (Å²) in [5.74, 6) is 3.22. The van der Waals surface area contributed by atoms with E-state index in [0.717, 1.165) is 36.0 Å². The minimum Gasteiger partial charge on any atom is -0.493 e. The molecule has 0 amide bonds. The van der Waals surface area contributed by atoms with E-state index in [-0.39, 0.29) is 6.04 Å². The van der Waals surface area contributed by atoms with Crippen molar-refractivity contribution in [1.82, 2.24) is 4.90 Å². The first kappa shape index (κ1) is 15.4. The van der Waals surface area contributed by atoms with E-state index < -0.39 is 0 Å². The molecule has 0 saturated carbocycles. The molecule has 0 radical (unpaired) electrons. The number of methoxy groups -OCH3 is 2. The maximum atomic E-state index is 5.62. The normalized spacial score (nSPS) is 19.3. The van der Waals surface area contributed by atoms with Gasteiger partial charge >= 0.3 is 0 Å².